The molecular formula is C26H31N3O3. The van der Waals surface area contributed by atoms with Gasteiger partial charge in [-0.3, -0.25) is 9.59 Å². The topological polar surface area (TPSA) is 70.7 Å². The molecule has 2 aliphatic heterocycles. The molecular weight excluding hydrogens is 402 g/mol. The van der Waals surface area contributed by atoms with Gasteiger partial charge in [0, 0.05) is 41.6 Å². The fraction of sp³-hybridized carbons (Fsp3) is 0.462. The molecule has 3 aliphatic rings. The summed E-state index contributed by atoms with van der Waals surface area (Å²) in [6.45, 7) is 1.32. The molecule has 2 aromatic carbocycles. The predicted octanol–water partition coefficient (Wildman–Crippen LogP) is 4.49. The number of amides is 2. The van der Waals surface area contributed by atoms with Gasteiger partial charge in [0.1, 0.15) is 6.17 Å². The van der Waals surface area contributed by atoms with Crippen molar-refractivity contribution in [2.24, 2.45) is 0 Å². The number of ether oxygens (including phenoxy) is 1. The summed E-state index contributed by atoms with van der Waals surface area (Å²) in [4.78, 5) is 27.8. The number of hydrogen-bond acceptors (Lipinski definition) is 4. The minimum Gasteiger partial charge on any atom is -0.376 e. The Morgan fingerprint density at radius 2 is 1.84 bits per heavy atom. The molecule has 1 aliphatic carbocycles. The summed E-state index contributed by atoms with van der Waals surface area (Å²) < 4.78 is 5.81. The first-order chi connectivity index (χ1) is 15.7. The second-order valence-corrected chi connectivity index (χ2v) is 9.12. The van der Waals surface area contributed by atoms with E-state index in [2.05, 4.69) is 10.6 Å². The van der Waals surface area contributed by atoms with Crippen molar-refractivity contribution in [3.05, 3.63) is 65.2 Å². The van der Waals surface area contributed by atoms with Crippen molar-refractivity contribution in [3.63, 3.8) is 0 Å². The second-order valence-electron chi connectivity index (χ2n) is 9.12. The molecule has 32 heavy (non-hydrogen) atoms. The predicted molar refractivity (Wildman–Crippen MR) is 124 cm³/mol. The van der Waals surface area contributed by atoms with Gasteiger partial charge in [0.05, 0.1) is 6.10 Å². The number of rotatable bonds is 6. The molecule has 6 heteroatoms. The van der Waals surface area contributed by atoms with Crippen molar-refractivity contribution >= 4 is 17.5 Å². The summed E-state index contributed by atoms with van der Waals surface area (Å²) in [7, 11) is 0. The van der Waals surface area contributed by atoms with Crippen LogP contribution in [0.3, 0.4) is 0 Å². The third-order valence-corrected chi connectivity index (χ3v) is 6.85. The smallest absolute Gasteiger partial charge is 0.256 e. The number of carbonyl (C=O) groups excluding carboxylic acids is 2. The number of anilines is 1. The van der Waals surface area contributed by atoms with E-state index >= 15 is 0 Å². The van der Waals surface area contributed by atoms with Gasteiger partial charge in [-0.25, -0.2) is 0 Å². The van der Waals surface area contributed by atoms with E-state index in [1.54, 1.807) is 0 Å². The van der Waals surface area contributed by atoms with Crippen molar-refractivity contribution in [1.29, 1.82) is 0 Å². The first-order valence-corrected chi connectivity index (χ1v) is 11.9. The summed E-state index contributed by atoms with van der Waals surface area (Å²) in [5, 5.41) is 6.71. The quantitative estimate of drug-likeness (QED) is 0.704. The number of nitrogens with one attached hydrogen (secondary N) is 2. The van der Waals surface area contributed by atoms with E-state index < -0.39 is 0 Å². The lowest BCUT2D eigenvalue weighted by Crippen LogP contribution is -2.38. The summed E-state index contributed by atoms with van der Waals surface area (Å²) in [6, 6.07) is 15.6. The maximum absolute atomic E-state index is 13.1. The van der Waals surface area contributed by atoms with Crippen LogP contribution in [-0.4, -0.2) is 42.0 Å². The van der Waals surface area contributed by atoms with Crippen LogP contribution >= 0.6 is 0 Å². The van der Waals surface area contributed by atoms with Gasteiger partial charge in [0.25, 0.3) is 11.8 Å². The van der Waals surface area contributed by atoms with E-state index in [4.69, 9.17) is 4.74 Å². The highest BCUT2D eigenvalue weighted by atomic mass is 16.5. The van der Waals surface area contributed by atoms with Gasteiger partial charge in [-0.05, 0) is 49.9 Å². The Bertz CT molecular complexity index is 980. The number of nitrogens with zero attached hydrogens (tertiary/aromatic N) is 1. The Kier molecular flexibility index (Phi) is 6.12. The molecule has 2 N–H and O–H groups in total. The maximum Gasteiger partial charge on any atom is 0.256 e. The van der Waals surface area contributed by atoms with Gasteiger partial charge in [-0.1, -0.05) is 43.5 Å². The molecule has 0 spiro atoms. The number of hydrogen-bond donors (Lipinski definition) is 2. The van der Waals surface area contributed by atoms with Gasteiger partial charge < -0.3 is 20.3 Å². The zero-order chi connectivity index (χ0) is 21.9. The molecule has 2 amide bonds. The fourth-order valence-electron chi connectivity index (χ4n) is 5.15. The van der Waals surface area contributed by atoms with Crippen LogP contribution in [0.4, 0.5) is 5.69 Å². The zero-order valence-electron chi connectivity index (χ0n) is 18.4. The Morgan fingerprint density at radius 1 is 1.00 bits per heavy atom. The van der Waals surface area contributed by atoms with Crippen LogP contribution in [0.25, 0.3) is 0 Å². The summed E-state index contributed by atoms with van der Waals surface area (Å²) in [6.07, 6.45) is 7.55. The molecule has 0 aromatic heterocycles. The van der Waals surface area contributed by atoms with Gasteiger partial charge >= 0.3 is 0 Å². The van der Waals surface area contributed by atoms with Crippen molar-refractivity contribution < 1.29 is 14.3 Å². The molecule has 0 bridgehead atoms. The highest BCUT2D eigenvalue weighted by molar-refractivity contribution is 5.99. The van der Waals surface area contributed by atoms with Gasteiger partial charge in [0.15, 0.2) is 0 Å². The molecule has 6 nitrogen and oxygen atoms in total. The molecule has 1 saturated carbocycles. The van der Waals surface area contributed by atoms with Gasteiger partial charge in [-0.15, -0.1) is 0 Å². The first-order valence-electron chi connectivity index (χ1n) is 11.9. The van der Waals surface area contributed by atoms with E-state index in [1.807, 2.05) is 53.4 Å². The largest absolute Gasteiger partial charge is 0.376 e. The monoisotopic (exact) mass is 433 g/mol. The third-order valence-electron chi connectivity index (χ3n) is 6.85. The molecule has 2 aromatic rings. The Labute approximate surface area is 189 Å². The van der Waals surface area contributed by atoms with E-state index in [-0.39, 0.29) is 30.1 Å². The van der Waals surface area contributed by atoms with Crippen LogP contribution in [0.2, 0.25) is 0 Å². The van der Waals surface area contributed by atoms with E-state index in [1.165, 1.54) is 19.3 Å². The third kappa shape index (κ3) is 4.37. The van der Waals surface area contributed by atoms with Crippen molar-refractivity contribution in [2.45, 2.75) is 63.3 Å². The molecule has 5 rings (SSSR count). The van der Waals surface area contributed by atoms with Crippen LogP contribution in [0, 0.1) is 0 Å². The molecule has 0 radical (unpaired) electrons. The van der Waals surface area contributed by atoms with Gasteiger partial charge in [-0.2, -0.15) is 0 Å². The normalized spacial score (nSPS) is 23.2. The minimum absolute atomic E-state index is 0.0276. The molecule has 2 fully saturated rings. The molecule has 2 unspecified atom stereocenters. The maximum atomic E-state index is 13.1. The number of carbonyl (C=O) groups is 2. The number of fused-ring (bicyclic) bond motifs is 1. The lowest BCUT2D eigenvalue weighted by Gasteiger charge is -2.29. The van der Waals surface area contributed by atoms with Crippen LogP contribution in [0.15, 0.2) is 48.5 Å². The molecule has 168 valence electrons. The SMILES string of the molecule is O=C(NC1CCCCC1)c1cccc(NC2c3ccccc3C(=O)N2CC2CCCO2)c1. The number of benzene rings is 2. The minimum atomic E-state index is -0.278. The second kappa shape index (κ2) is 9.33. The van der Waals surface area contributed by atoms with E-state index in [9.17, 15) is 9.59 Å². The Morgan fingerprint density at radius 3 is 2.66 bits per heavy atom. The first kappa shape index (κ1) is 21.0. The zero-order valence-corrected chi connectivity index (χ0v) is 18.4. The van der Waals surface area contributed by atoms with Crippen LogP contribution in [0.5, 0.6) is 0 Å². The van der Waals surface area contributed by atoms with Gasteiger partial charge in [0.2, 0.25) is 0 Å². The molecule has 1 saturated heterocycles. The van der Waals surface area contributed by atoms with Crippen molar-refractivity contribution in [1.82, 2.24) is 10.2 Å². The molecule has 2 heterocycles. The summed E-state index contributed by atoms with van der Waals surface area (Å²) >= 11 is 0. The van der Waals surface area contributed by atoms with Crippen LogP contribution in [0.1, 0.15) is 77.4 Å². The summed E-state index contributed by atoms with van der Waals surface area (Å²) in [5.74, 6) is -0.000503. The average molecular weight is 434 g/mol. The van der Waals surface area contributed by atoms with Crippen LogP contribution < -0.4 is 10.6 Å². The lowest BCUT2D eigenvalue weighted by molar-refractivity contribution is 0.0488. The molecule has 2 atom stereocenters. The highest BCUT2D eigenvalue weighted by Gasteiger charge is 2.38. The summed E-state index contributed by atoms with van der Waals surface area (Å²) in [5.41, 5.74) is 3.17. The van der Waals surface area contributed by atoms with Crippen molar-refractivity contribution in [2.75, 3.05) is 18.5 Å². The Balaban J connectivity index is 1.34. The lowest BCUT2D eigenvalue weighted by atomic mass is 9.95. The average Bonchev–Trinajstić information content (AvgIpc) is 3.43. The highest BCUT2D eigenvalue weighted by Crippen LogP contribution is 2.35. The van der Waals surface area contributed by atoms with Crippen LogP contribution in [-0.2, 0) is 4.74 Å². The fourth-order valence-corrected chi connectivity index (χ4v) is 5.15. The van der Waals surface area contributed by atoms with Crippen molar-refractivity contribution in [3.8, 4) is 0 Å². The Hall–Kier alpha value is -2.86. The van der Waals surface area contributed by atoms with E-state index in [0.29, 0.717) is 12.1 Å². The standard InChI is InChI=1S/C26H31N3O3/c30-25(28-19-9-2-1-3-10-19)18-8-6-11-20(16-18)27-24-22-13-4-5-14-23(22)26(31)29(24)17-21-12-7-15-32-21/h4-6,8,11,13-14,16,19,21,24,27H,1-3,7,9-10,12,15,17H2,(H,28,30). The van der Waals surface area contributed by atoms with E-state index in [0.717, 1.165) is 49.1 Å².